The summed E-state index contributed by atoms with van der Waals surface area (Å²) in [5.41, 5.74) is -0.155. The van der Waals surface area contributed by atoms with Crippen LogP contribution in [-0.2, 0) is 0 Å². The van der Waals surface area contributed by atoms with Crippen molar-refractivity contribution in [1.82, 2.24) is 0 Å². The molecule has 1 heterocycles. The Morgan fingerprint density at radius 3 is 2.69 bits per heavy atom. The van der Waals surface area contributed by atoms with Crippen LogP contribution in [0.4, 0.5) is 4.39 Å². The summed E-state index contributed by atoms with van der Waals surface area (Å²) in [5, 5.41) is 0. The lowest BCUT2D eigenvalue weighted by atomic mass is 10.0. The normalized spacial score (nSPS) is 34.6. The molecule has 1 saturated carbocycles. The first kappa shape index (κ1) is 9.66. The summed E-state index contributed by atoms with van der Waals surface area (Å²) in [6.45, 7) is 4.09. The van der Waals surface area contributed by atoms with Gasteiger partial charge in [0.1, 0.15) is 6.17 Å². The van der Waals surface area contributed by atoms with Crippen LogP contribution in [0.2, 0.25) is 0 Å². The van der Waals surface area contributed by atoms with Gasteiger partial charge in [-0.1, -0.05) is 22.9 Å². The van der Waals surface area contributed by atoms with E-state index in [1.165, 1.54) is 9.75 Å². The molecule has 1 aromatic heterocycles. The van der Waals surface area contributed by atoms with Gasteiger partial charge in [-0.2, -0.15) is 0 Å². The number of alkyl halides is 2. The zero-order valence-corrected chi connectivity index (χ0v) is 10.1. The molecule has 3 atom stereocenters. The van der Waals surface area contributed by atoms with Crippen LogP contribution in [-0.4, -0.2) is 6.17 Å². The smallest absolute Gasteiger partial charge is 0.108 e. The van der Waals surface area contributed by atoms with Crippen LogP contribution in [0, 0.1) is 12.3 Å². The number of hydrogen-bond donors (Lipinski definition) is 0. The van der Waals surface area contributed by atoms with Gasteiger partial charge < -0.3 is 0 Å². The SMILES string of the molecule is Cc1ccc(C(Br)C2(C)CC2F)s1. The average molecular weight is 263 g/mol. The van der Waals surface area contributed by atoms with Crippen molar-refractivity contribution in [1.29, 1.82) is 0 Å². The maximum Gasteiger partial charge on any atom is 0.108 e. The molecule has 3 unspecified atom stereocenters. The van der Waals surface area contributed by atoms with Crippen LogP contribution < -0.4 is 0 Å². The zero-order chi connectivity index (χ0) is 9.64. The molecule has 0 amide bonds. The van der Waals surface area contributed by atoms with Crippen molar-refractivity contribution < 1.29 is 4.39 Å². The molecular weight excluding hydrogens is 251 g/mol. The fourth-order valence-electron chi connectivity index (χ4n) is 1.50. The van der Waals surface area contributed by atoms with Crippen LogP contribution in [0.1, 0.15) is 27.9 Å². The average Bonchev–Trinajstić information content (AvgIpc) is 2.51. The Bertz CT molecular complexity index is 322. The Hall–Kier alpha value is 0.110. The number of halogens is 2. The largest absolute Gasteiger partial charge is 0.247 e. The predicted octanol–water partition coefficient (Wildman–Crippen LogP) is 4.24. The first-order valence-corrected chi connectivity index (χ1v) is 6.12. The van der Waals surface area contributed by atoms with Gasteiger partial charge in [-0.25, -0.2) is 4.39 Å². The van der Waals surface area contributed by atoms with Gasteiger partial charge in [-0.3, -0.25) is 0 Å². The number of thiophene rings is 1. The number of hydrogen-bond acceptors (Lipinski definition) is 1. The van der Waals surface area contributed by atoms with Gasteiger partial charge in [0.05, 0.1) is 4.83 Å². The first-order valence-electron chi connectivity index (χ1n) is 4.38. The van der Waals surface area contributed by atoms with Crippen molar-refractivity contribution in [3.63, 3.8) is 0 Å². The molecule has 3 heteroatoms. The fraction of sp³-hybridized carbons (Fsp3) is 0.600. The molecule has 2 rings (SSSR count). The van der Waals surface area contributed by atoms with Gasteiger partial charge >= 0.3 is 0 Å². The van der Waals surface area contributed by atoms with Gasteiger partial charge in [0.15, 0.2) is 0 Å². The van der Waals surface area contributed by atoms with E-state index in [0.717, 1.165) is 0 Å². The fourth-order valence-corrected chi connectivity index (χ4v) is 3.43. The molecule has 0 nitrogen and oxygen atoms in total. The van der Waals surface area contributed by atoms with Crippen molar-refractivity contribution in [2.75, 3.05) is 0 Å². The lowest BCUT2D eigenvalue weighted by Gasteiger charge is -2.14. The van der Waals surface area contributed by atoms with E-state index < -0.39 is 6.17 Å². The van der Waals surface area contributed by atoms with E-state index in [1.54, 1.807) is 11.3 Å². The molecule has 13 heavy (non-hydrogen) atoms. The predicted molar refractivity (Wildman–Crippen MR) is 58.3 cm³/mol. The monoisotopic (exact) mass is 262 g/mol. The molecule has 1 aliphatic carbocycles. The Labute approximate surface area is 90.3 Å². The maximum atomic E-state index is 13.1. The number of aryl methyl sites for hydroxylation is 1. The molecule has 72 valence electrons. The zero-order valence-electron chi connectivity index (χ0n) is 7.68. The Morgan fingerprint density at radius 1 is 1.69 bits per heavy atom. The quantitative estimate of drug-likeness (QED) is 0.700. The Balaban J connectivity index is 2.18. The summed E-state index contributed by atoms with van der Waals surface area (Å²) in [6, 6.07) is 4.18. The van der Waals surface area contributed by atoms with E-state index in [2.05, 4.69) is 35.0 Å². The van der Waals surface area contributed by atoms with Crippen molar-refractivity contribution in [2.45, 2.75) is 31.3 Å². The summed E-state index contributed by atoms with van der Waals surface area (Å²) in [4.78, 5) is 2.73. The van der Waals surface area contributed by atoms with Crippen LogP contribution in [0.3, 0.4) is 0 Å². The van der Waals surface area contributed by atoms with E-state index in [-0.39, 0.29) is 10.2 Å². The summed E-state index contributed by atoms with van der Waals surface area (Å²) in [7, 11) is 0. The van der Waals surface area contributed by atoms with E-state index in [4.69, 9.17) is 0 Å². The van der Waals surface area contributed by atoms with Gasteiger partial charge in [0.25, 0.3) is 0 Å². The lowest BCUT2D eigenvalue weighted by Crippen LogP contribution is -2.05. The Kier molecular flexibility index (Phi) is 2.27. The van der Waals surface area contributed by atoms with E-state index >= 15 is 0 Å². The third-order valence-electron chi connectivity index (χ3n) is 2.76. The molecule has 0 aliphatic heterocycles. The Morgan fingerprint density at radius 2 is 2.31 bits per heavy atom. The second-order valence-electron chi connectivity index (χ2n) is 3.99. The molecule has 1 fully saturated rings. The minimum Gasteiger partial charge on any atom is -0.247 e. The van der Waals surface area contributed by atoms with Crippen molar-refractivity contribution in [2.24, 2.45) is 5.41 Å². The van der Waals surface area contributed by atoms with Crippen molar-refractivity contribution >= 4 is 27.3 Å². The summed E-state index contributed by atoms with van der Waals surface area (Å²) >= 11 is 5.34. The highest BCUT2D eigenvalue weighted by Gasteiger charge is 2.56. The molecule has 1 aromatic rings. The highest BCUT2D eigenvalue weighted by atomic mass is 79.9. The standard InChI is InChI=1S/C10H12BrFS/c1-6-3-4-7(13-6)9(11)10(2)5-8(10)12/h3-4,8-9H,5H2,1-2H3. The number of rotatable bonds is 2. The van der Waals surface area contributed by atoms with Crippen LogP contribution in [0.5, 0.6) is 0 Å². The highest BCUT2D eigenvalue weighted by molar-refractivity contribution is 9.09. The van der Waals surface area contributed by atoms with Gasteiger partial charge in [-0.15, -0.1) is 11.3 Å². The molecular formula is C10H12BrFS. The first-order chi connectivity index (χ1) is 6.04. The molecule has 0 bridgehead atoms. The summed E-state index contributed by atoms with van der Waals surface area (Å²) in [6.07, 6.45) is 0.0686. The second-order valence-corrected chi connectivity index (χ2v) is 6.22. The molecule has 0 saturated heterocycles. The third kappa shape index (κ3) is 1.57. The molecule has 0 spiro atoms. The highest BCUT2D eigenvalue weighted by Crippen LogP contribution is 2.60. The van der Waals surface area contributed by atoms with Crippen LogP contribution >= 0.6 is 27.3 Å². The summed E-state index contributed by atoms with van der Waals surface area (Å²) in [5.74, 6) is 0. The second kappa shape index (κ2) is 3.06. The van der Waals surface area contributed by atoms with Crippen molar-refractivity contribution in [3.8, 4) is 0 Å². The lowest BCUT2D eigenvalue weighted by molar-refractivity contribution is 0.376. The topological polar surface area (TPSA) is 0 Å². The van der Waals surface area contributed by atoms with E-state index in [1.807, 2.05) is 6.92 Å². The molecule has 0 radical (unpaired) electrons. The van der Waals surface area contributed by atoms with Gasteiger partial charge in [-0.05, 0) is 25.5 Å². The molecule has 0 N–H and O–H groups in total. The minimum absolute atomic E-state index is 0.155. The van der Waals surface area contributed by atoms with Gasteiger partial charge in [0.2, 0.25) is 0 Å². The van der Waals surface area contributed by atoms with Gasteiger partial charge in [0, 0.05) is 15.2 Å². The van der Waals surface area contributed by atoms with E-state index in [9.17, 15) is 4.39 Å². The summed E-state index contributed by atoms with van der Waals surface area (Å²) < 4.78 is 13.1. The van der Waals surface area contributed by atoms with Crippen LogP contribution in [0.15, 0.2) is 12.1 Å². The third-order valence-corrected chi connectivity index (χ3v) is 5.67. The van der Waals surface area contributed by atoms with Crippen LogP contribution in [0.25, 0.3) is 0 Å². The van der Waals surface area contributed by atoms with E-state index in [0.29, 0.717) is 6.42 Å². The van der Waals surface area contributed by atoms with Crippen molar-refractivity contribution in [3.05, 3.63) is 21.9 Å². The maximum absolute atomic E-state index is 13.1. The minimum atomic E-state index is -0.626. The molecule has 1 aliphatic rings. The molecule has 0 aromatic carbocycles.